The first-order valence-electron chi connectivity index (χ1n) is 4.91. The molecule has 0 radical (unpaired) electrons. The van der Waals surface area contributed by atoms with E-state index in [0.717, 1.165) is 0 Å². The monoisotopic (exact) mass is 247 g/mol. The predicted molar refractivity (Wildman–Crippen MR) is 62.5 cm³/mol. The van der Waals surface area contributed by atoms with Crippen LogP contribution in [0.25, 0.3) is 0 Å². The summed E-state index contributed by atoms with van der Waals surface area (Å²) in [5.41, 5.74) is 0.974. The van der Waals surface area contributed by atoms with Crippen molar-refractivity contribution < 1.29 is 14.6 Å². The first kappa shape index (κ1) is 13.2. The second-order valence-electron chi connectivity index (χ2n) is 3.77. The van der Waals surface area contributed by atoms with Crippen molar-refractivity contribution in [3.8, 4) is 0 Å². The van der Waals surface area contributed by atoms with Gasteiger partial charge in [-0.05, 0) is 24.6 Å². The molecule has 0 amide bonds. The second-order valence-corrected chi connectivity index (χ2v) is 4.18. The van der Waals surface area contributed by atoms with Gasteiger partial charge in [0.2, 0.25) is 0 Å². The molecule has 1 aromatic carbocycles. The molecule has 0 aliphatic carbocycles. The Balaban J connectivity index is 2.91. The number of nitrogens with zero attached hydrogens (tertiary/aromatic N) is 1. The molecule has 1 atom stereocenters. The van der Waals surface area contributed by atoms with Crippen LogP contribution in [0.15, 0.2) is 12.1 Å². The molecule has 0 bridgehead atoms. The summed E-state index contributed by atoms with van der Waals surface area (Å²) in [5.74, 6) is -0.343. The van der Waals surface area contributed by atoms with Crippen molar-refractivity contribution in [1.29, 1.82) is 0 Å². The Kier molecular flexibility index (Phi) is 4.53. The fraction of sp³-hybridized carbons (Fsp3) is 0.455. The Labute approximate surface area is 99.1 Å². The molecular formula is C11H15ClFNO2. The molecule has 3 nitrogen and oxygen atoms in total. The highest BCUT2D eigenvalue weighted by atomic mass is 35.5. The highest BCUT2D eigenvalue weighted by molar-refractivity contribution is 6.33. The van der Waals surface area contributed by atoms with E-state index < -0.39 is 6.10 Å². The van der Waals surface area contributed by atoms with Crippen LogP contribution in [0.1, 0.15) is 5.56 Å². The van der Waals surface area contributed by atoms with Gasteiger partial charge in [0.1, 0.15) is 5.82 Å². The lowest BCUT2D eigenvalue weighted by molar-refractivity contribution is 0.101. The van der Waals surface area contributed by atoms with Gasteiger partial charge in [-0.3, -0.25) is 0 Å². The van der Waals surface area contributed by atoms with Crippen molar-refractivity contribution in [2.75, 3.05) is 25.1 Å². The van der Waals surface area contributed by atoms with Crippen LogP contribution in [-0.2, 0) is 0 Å². The minimum atomic E-state index is -0.870. The molecule has 0 saturated heterocycles. The third-order valence-electron chi connectivity index (χ3n) is 2.33. The number of aryl methyl sites for hydroxylation is 1. The van der Waals surface area contributed by atoms with Crippen LogP contribution >= 0.6 is 11.6 Å². The molecule has 2 N–H and O–H groups in total. The number of hydrogen-bond donors (Lipinski definition) is 2. The van der Waals surface area contributed by atoms with Crippen molar-refractivity contribution >= 4 is 17.3 Å². The quantitative estimate of drug-likeness (QED) is 0.849. The minimum Gasteiger partial charge on any atom is -0.394 e. The molecule has 0 aliphatic rings. The number of benzene rings is 1. The van der Waals surface area contributed by atoms with Gasteiger partial charge in [0.25, 0.3) is 0 Å². The van der Waals surface area contributed by atoms with Gasteiger partial charge < -0.3 is 15.1 Å². The van der Waals surface area contributed by atoms with Crippen LogP contribution in [0.3, 0.4) is 0 Å². The van der Waals surface area contributed by atoms with Crippen LogP contribution in [0.2, 0.25) is 5.02 Å². The smallest absolute Gasteiger partial charge is 0.128 e. The van der Waals surface area contributed by atoms with E-state index in [9.17, 15) is 9.50 Å². The molecule has 0 spiro atoms. The Morgan fingerprint density at radius 2 is 2.12 bits per heavy atom. The molecule has 0 saturated carbocycles. The Morgan fingerprint density at radius 3 is 2.69 bits per heavy atom. The fourth-order valence-electron chi connectivity index (χ4n) is 1.40. The third-order valence-corrected chi connectivity index (χ3v) is 2.64. The zero-order chi connectivity index (χ0) is 12.3. The number of likely N-dealkylation sites (N-methyl/N-ethyl adjacent to an activating group) is 1. The second kappa shape index (κ2) is 5.48. The van der Waals surface area contributed by atoms with Gasteiger partial charge in [0, 0.05) is 13.6 Å². The molecule has 0 fully saturated rings. The van der Waals surface area contributed by atoms with E-state index in [4.69, 9.17) is 16.7 Å². The normalized spacial score (nSPS) is 12.6. The molecule has 1 unspecified atom stereocenters. The summed E-state index contributed by atoms with van der Waals surface area (Å²) < 4.78 is 13.3. The van der Waals surface area contributed by atoms with E-state index in [1.165, 1.54) is 12.1 Å². The highest BCUT2D eigenvalue weighted by Gasteiger charge is 2.12. The van der Waals surface area contributed by atoms with Gasteiger partial charge in [0.05, 0.1) is 23.4 Å². The lowest BCUT2D eigenvalue weighted by Gasteiger charge is -2.23. The molecule has 5 heteroatoms. The summed E-state index contributed by atoms with van der Waals surface area (Å²) >= 11 is 5.97. The minimum absolute atomic E-state index is 0.193. The van der Waals surface area contributed by atoms with Crippen LogP contribution in [0.4, 0.5) is 10.1 Å². The van der Waals surface area contributed by atoms with Gasteiger partial charge in [-0.25, -0.2) is 4.39 Å². The number of hydrogen-bond acceptors (Lipinski definition) is 3. The van der Waals surface area contributed by atoms with E-state index in [1.807, 2.05) is 0 Å². The molecule has 16 heavy (non-hydrogen) atoms. The van der Waals surface area contributed by atoms with Crippen molar-refractivity contribution in [3.05, 3.63) is 28.5 Å². The van der Waals surface area contributed by atoms with Crippen molar-refractivity contribution in [2.24, 2.45) is 0 Å². The van der Waals surface area contributed by atoms with Gasteiger partial charge >= 0.3 is 0 Å². The Hall–Kier alpha value is -0.840. The van der Waals surface area contributed by atoms with Gasteiger partial charge in [-0.2, -0.15) is 0 Å². The summed E-state index contributed by atoms with van der Waals surface area (Å²) in [5, 5.41) is 18.4. The van der Waals surface area contributed by atoms with Gasteiger partial charge in [0.15, 0.2) is 0 Å². The molecule has 90 valence electrons. The Bertz CT molecular complexity index is 373. The fourth-order valence-corrected chi connectivity index (χ4v) is 1.76. The predicted octanol–water partition coefficient (Wildman–Crippen LogP) is 1.58. The zero-order valence-corrected chi connectivity index (χ0v) is 10.00. The van der Waals surface area contributed by atoms with E-state index in [-0.39, 0.29) is 19.0 Å². The molecule has 1 rings (SSSR count). The van der Waals surface area contributed by atoms with Gasteiger partial charge in [-0.15, -0.1) is 0 Å². The average Bonchev–Trinajstić information content (AvgIpc) is 2.23. The summed E-state index contributed by atoms with van der Waals surface area (Å²) in [7, 11) is 1.68. The van der Waals surface area contributed by atoms with E-state index in [2.05, 4.69) is 0 Å². The molecule has 0 aliphatic heterocycles. The molecule has 0 heterocycles. The van der Waals surface area contributed by atoms with Crippen molar-refractivity contribution in [2.45, 2.75) is 13.0 Å². The summed E-state index contributed by atoms with van der Waals surface area (Å²) in [6.07, 6.45) is -0.870. The molecule has 1 aromatic rings. The Morgan fingerprint density at radius 1 is 1.50 bits per heavy atom. The standard InChI is InChI=1S/C11H15ClFNO2/c1-7-3-9(12)11(4-10(7)13)14(2)5-8(16)6-15/h3-4,8,15-16H,5-6H2,1-2H3. The third kappa shape index (κ3) is 3.07. The molecular weight excluding hydrogens is 233 g/mol. The van der Waals surface area contributed by atoms with Crippen LogP contribution < -0.4 is 4.90 Å². The van der Waals surface area contributed by atoms with E-state index in [0.29, 0.717) is 16.3 Å². The van der Waals surface area contributed by atoms with E-state index in [1.54, 1.807) is 18.9 Å². The summed E-state index contributed by atoms with van der Waals surface area (Å²) in [4.78, 5) is 1.60. The zero-order valence-electron chi connectivity index (χ0n) is 9.24. The van der Waals surface area contributed by atoms with Crippen LogP contribution in [0, 0.1) is 12.7 Å². The average molecular weight is 248 g/mol. The number of rotatable bonds is 4. The maximum atomic E-state index is 13.3. The number of aliphatic hydroxyl groups is 2. The molecule has 0 aromatic heterocycles. The lowest BCUT2D eigenvalue weighted by atomic mass is 10.2. The maximum absolute atomic E-state index is 13.3. The summed E-state index contributed by atoms with van der Waals surface area (Å²) in [6.45, 7) is 1.49. The van der Waals surface area contributed by atoms with E-state index >= 15 is 0 Å². The summed E-state index contributed by atoms with van der Waals surface area (Å²) in [6, 6.07) is 2.86. The van der Waals surface area contributed by atoms with Crippen molar-refractivity contribution in [3.63, 3.8) is 0 Å². The van der Waals surface area contributed by atoms with Crippen LogP contribution in [-0.4, -0.2) is 36.5 Å². The maximum Gasteiger partial charge on any atom is 0.128 e. The van der Waals surface area contributed by atoms with Crippen molar-refractivity contribution in [1.82, 2.24) is 0 Å². The number of halogens is 2. The topological polar surface area (TPSA) is 43.7 Å². The number of aliphatic hydroxyl groups excluding tert-OH is 2. The van der Waals surface area contributed by atoms with Gasteiger partial charge in [-0.1, -0.05) is 11.6 Å². The largest absolute Gasteiger partial charge is 0.394 e. The highest BCUT2D eigenvalue weighted by Crippen LogP contribution is 2.27. The first-order valence-corrected chi connectivity index (χ1v) is 5.29. The number of anilines is 1. The SMILES string of the molecule is Cc1cc(Cl)c(N(C)CC(O)CO)cc1F. The van der Waals surface area contributed by atoms with Crippen LogP contribution in [0.5, 0.6) is 0 Å². The first-order chi connectivity index (χ1) is 7.45. The lowest BCUT2D eigenvalue weighted by Crippen LogP contribution is -2.31.